The topological polar surface area (TPSA) is 52.6 Å². The van der Waals surface area contributed by atoms with Crippen LogP contribution < -0.4 is 0 Å². The molecule has 108 valence electrons. The van der Waals surface area contributed by atoms with Crippen molar-refractivity contribution in [1.82, 2.24) is 0 Å². The van der Waals surface area contributed by atoms with Crippen LogP contribution in [0.2, 0.25) is 0 Å². The summed E-state index contributed by atoms with van der Waals surface area (Å²) in [5.74, 6) is 0.0532. The van der Waals surface area contributed by atoms with Gasteiger partial charge in [-0.3, -0.25) is 9.59 Å². The van der Waals surface area contributed by atoms with Gasteiger partial charge in [0.15, 0.2) is 0 Å². The van der Waals surface area contributed by atoms with Crippen molar-refractivity contribution in [3.8, 4) is 0 Å². The van der Waals surface area contributed by atoms with Crippen molar-refractivity contribution in [3.05, 3.63) is 11.3 Å². The minimum absolute atomic E-state index is 0.0206. The third-order valence-electron chi connectivity index (χ3n) is 3.19. The molecule has 1 aliphatic rings. The van der Waals surface area contributed by atoms with Crippen LogP contribution in [0.3, 0.4) is 0 Å². The van der Waals surface area contributed by atoms with Gasteiger partial charge in [-0.25, -0.2) is 0 Å². The monoisotopic (exact) mass is 268 g/mol. The first-order valence-corrected chi connectivity index (χ1v) is 6.56. The summed E-state index contributed by atoms with van der Waals surface area (Å²) in [5, 5.41) is 0. The number of carbonyl (C=O) groups excluding carboxylic acids is 2. The molecule has 1 aliphatic carbocycles. The van der Waals surface area contributed by atoms with E-state index >= 15 is 0 Å². The molecular formula is C15H24O4. The Morgan fingerprint density at radius 2 is 1.68 bits per heavy atom. The SMILES string of the molecule is CC(=O)O[C@]1(C)C[C@@H]1C(OC(=O)C(C)(C)C)=C(C)C. The van der Waals surface area contributed by atoms with E-state index in [0.29, 0.717) is 12.2 Å². The van der Waals surface area contributed by atoms with E-state index < -0.39 is 11.0 Å². The molecule has 2 atom stereocenters. The number of carbonyl (C=O) groups is 2. The van der Waals surface area contributed by atoms with E-state index in [2.05, 4.69) is 0 Å². The van der Waals surface area contributed by atoms with Gasteiger partial charge in [-0.05, 0) is 47.1 Å². The highest BCUT2D eigenvalue weighted by molar-refractivity contribution is 5.76. The van der Waals surface area contributed by atoms with Crippen molar-refractivity contribution in [2.24, 2.45) is 11.3 Å². The standard InChI is InChI=1S/C15H24O4/c1-9(2)12(18-13(17)14(4,5)6)11-8-15(11,7)19-10(3)16/h11H,8H2,1-7H3/t11-,15-/m1/s1. The van der Waals surface area contributed by atoms with E-state index in [1.807, 2.05) is 41.5 Å². The summed E-state index contributed by atoms with van der Waals surface area (Å²) in [6.45, 7) is 12.5. The summed E-state index contributed by atoms with van der Waals surface area (Å²) in [6.07, 6.45) is 0.699. The molecule has 0 spiro atoms. The number of hydrogen-bond acceptors (Lipinski definition) is 4. The second-order valence-electron chi connectivity index (χ2n) is 6.67. The van der Waals surface area contributed by atoms with Gasteiger partial charge in [-0.15, -0.1) is 0 Å². The Morgan fingerprint density at radius 3 is 2.05 bits per heavy atom. The summed E-state index contributed by atoms with van der Waals surface area (Å²) >= 11 is 0. The van der Waals surface area contributed by atoms with Gasteiger partial charge in [-0.1, -0.05) is 0 Å². The van der Waals surface area contributed by atoms with E-state index in [9.17, 15) is 9.59 Å². The van der Waals surface area contributed by atoms with Crippen molar-refractivity contribution >= 4 is 11.9 Å². The molecule has 0 aliphatic heterocycles. The van der Waals surface area contributed by atoms with E-state index in [-0.39, 0.29) is 17.9 Å². The van der Waals surface area contributed by atoms with E-state index in [1.165, 1.54) is 6.92 Å². The predicted molar refractivity (Wildman–Crippen MR) is 72.2 cm³/mol. The zero-order valence-corrected chi connectivity index (χ0v) is 12.9. The van der Waals surface area contributed by atoms with E-state index in [1.54, 1.807) is 0 Å². The third kappa shape index (κ3) is 3.82. The molecule has 0 radical (unpaired) electrons. The fraction of sp³-hybridized carbons (Fsp3) is 0.733. The zero-order chi connectivity index (χ0) is 15.0. The number of ether oxygens (including phenoxy) is 2. The molecule has 0 aromatic carbocycles. The van der Waals surface area contributed by atoms with Gasteiger partial charge in [0.05, 0.1) is 11.3 Å². The van der Waals surface area contributed by atoms with Crippen LogP contribution in [0.1, 0.15) is 54.9 Å². The quantitative estimate of drug-likeness (QED) is 0.582. The maximum absolute atomic E-state index is 12.0. The van der Waals surface area contributed by atoms with Gasteiger partial charge in [0, 0.05) is 13.3 Å². The fourth-order valence-electron chi connectivity index (χ4n) is 1.93. The first-order chi connectivity index (χ1) is 8.47. The van der Waals surface area contributed by atoms with Crippen molar-refractivity contribution in [1.29, 1.82) is 0 Å². The van der Waals surface area contributed by atoms with E-state index in [4.69, 9.17) is 9.47 Å². The number of rotatable bonds is 3. The van der Waals surface area contributed by atoms with Gasteiger partial charge in [0.2, 0.25) is 0 Å². The highest BCUT2D eigenvalue weighted by Crippen LogP contribution is 2.52. The van der Waals surface area contributed by atoms with E-state index in [0.717, 1.165) is 5.57 Å². The maximum Gasteiger partial charge on any atom is 0.316 e. The molecule has 0 N–H and O–H groups in total. The molecule has 0 heterocycles. The van der Waals surface area contributed by atoms with Gasteiger partial charge in [0.25, 0.3) is 0 Å². The third-order valence-corrected chi connectivity index (χ3v) is 3.19. The molecule has 0 unspecified atom stereocenters. The van der Waals surface area contributed by atoms with Crippen LogP contribution >= 0.6 is 0 Å². The maximum atomic E-state index is 12.0. The van der Waals surface area contributed by atoms with Crippen molar-refractivity contribution in [3.63, 3.8) is 0 Å². The van der Waals surface area contributed by atoms with Gasteiger partial charge in [0.1, 0.15) is 11.4 Å². The van der Waals surface area contributed by atoms with Gasteiger partial charge in [-0.2, -0.15) is 0 Å². The number of esters is 2. The Bertz CT molecular complexity index is 424. The smallest absolute Gasteiger partial charge is 0.316 e. The van der Waals surface area contributed by atoms with Crippen LogP contribution in [0.25, 0.3) is 0 Å². The first-order valence-electron chi connectivity index (χ1n) is 6.56. The van der Waals surface area contributed by atoms with Crippen molar-refractivity contribution < 1.29 is 19.1 Å². The molecule has 1 fully saturated rings. The highest BCUT2D eigenvalue weighted by atomic mass is 16.6. The lowest BCUT2D eigenvalue weighted by atomic mass is 9.97. The Hall–Kier alpha value is -1.32. The molecule has 4 nitrogen and oxygen atoms in total. The summed E-state index contributed by atoms with van der Waals surface area (Å²) in [4.78, 5) is 23.1. The van der Waals surface area contributed by atoms with Crippen LogP contribution in [0, 0.1) is 11.3 Å². The molecule has 19 heavy (non-hydrogen) atoms. The lowest BCUT2D eigenvalue weighted by molar-refractivity contribution is -0.150. The Labute approximate surface area is 115 Å². The van der Waals surface area contributed by atoms with Crippen molar-refractivity contribution in [2.45, 2.75) is 60.5 Å². The molecule has 0 aromatic heterocycles. The average Bonchev–Trinajstić information content (AvgIpc) is 2.82. The second kappa shape index (κ2) is 4.99. The number of hydrogen-bond donors (Lipinski definition) is 0. The summed E-state index contributed by atoms with van der Waals surface area (Å²) in [5.41, 5.74) is -0.136. The minimum Gasteiger partial charge on any atom is -0.459 e. The Kier molecular flexibility index (Phi) is 4.13. The summed E-state index contributed by atoms with van der Waals surface area (Å²) in [6, 6.07) is 0. The van der Waals surface area contributed by atoms with Crippen LogP contribution in [0.5, 0.6) is 0 Å². The summed E-state index contributed by atoms with van der Waals surface area (Å²) in [7, 11) is 0. The highest BCUT2D eigenvalue weighted by Gasteiger charge is 2.57. The molecule has 0 aromatic rings. The molecule has 4 heteroatoms. The lowest BCUT2D eigenvalue weighted by Gasteiger charge is -2.20. The Balaban J connectivity index is 2.82. The summed E-state index contributed by atoms with van der Waals surface area (Å²) < 4.78 is 10.8. The first kappa shape index (κ1) is 15.7. The van der Waals surface area contributed by atoms with Gasteiger partial charge >= 0.3 is 11.9 Å². The van der Waals surface area contributed by atoms with Gasteiger partial charge < -0.3 is 9.47 Å². The zero-order valence-electron chi connectivity index (χ0n) is 12.9. The normalized spacial score (nSPS) is 25.5. The fourth-order valence-corrected chi connectivity index (χ4v) is 1.93. The lowest BCUT2D eigenvalue weighted by Crippen LogP contribution is -2.25. The molecule has 1 saturated carbocycles. The van der Waals surface area contributed by atoms with Crippen molar-refractivity contribution in [2.75, 3.05) is 0 Å². The molecule has 0 bridgehead atoms. The molecule has 0 amide bonds. The molecule has 0 saturated heterocycles. The second-order valence-corrected chi connectivity index (χ2v) is 6.67. The Morgan fingerprint density at radius 1 is 1.16 bits per heavy atom. The largest absolute Gasteiger partial charge is 0.459 e. The average molecular weight is 268 g/mol. The predicted octanol–water partition coefficient (Wildman–Crippen LogP) is 3.21. The molecular weight excluding hydrogens is 244 g/mol. The van der Waals surface area contributed by atoms with Crippen LogP contribution in [-0.2, 0) is 19.1 Å². The van der Waals surface area contributed by atoms with Crippen LogP contribution in [0.15, 0.2) is 11.3 Å². The van der Waals surface area contributed by atoms with Crippen LogP contribution in [-0.4, -0.2) is 17.5 Å². The van der Waals surface area contributed by atoms with Crippen LogP contribution in [0.4, 0.5) is 0 Å². The number of allylic oxidation sites excluding steroid dienone is 1. The minimum atomic E-state index is -0.548. The molecule has 1 rings (SSSR count).